The molecular formula is C32H40N3O5S+. The predicted molar refractivity (Wildman–Crippen MR) is 163 cm³/mol. The van der Waals surface area contributed by atoms with Gasteiger partial charge >= 0.3 is 10.4 Å². The second kappa shape index (κ2) is 10.7. The van der Waals surface area contributed by atoms with Crippen molar-refractivity contribution >= 4 is 33.3 Å². The molecule has 2 aliphatic heterocycles. The SMILES string of the molecule is CCN(CC)C1=C(C=C2N(C)c3ccccc3C2(C)C)C(=O)C1=CC1=[N+](C)c2ccccc2C1(C)C.O=S(=O)(O)O. The van der Waals surface area contributed by atoms with E-state index in [4.69, 9.17) is 17.5 Å². The summed E-state index contributed by atoms with van der Waals surface area (Å²) in [6.45, 7) is 15.1. The van der Waals surface area contributed by atoms with Gasteiger partial charge in [-0.3, -0.25) is 13.9 Å². The van der Waals surface area contributed by atoms with Gasteiger partial charge in [0, 0.05) is 60.2 Å². The number of carbonyl (C=O) groups excluding carboxylic acids is 1. The summed E-state index contributed by atoms with van der Waals surface area (Å²) in [5, 5.41) is 0. The third-order valence-corrected chi connectivity index (χ3v) is 8.52. The first-order chi connectivity index (χ1) is 19.1. The predicted octanol–water partition coefficient (Wildman–Crippen LogP) is 5.46. The number of ketones is 1. The summed E-state index contributed by atoms with van der Waals surface area (Å²) in [5.41, 5.74) is 9.73. The van der Waals surface area contributed by atoms with Crippen molar-refractivity contribution in [1.29, 1.82) is 0 Å². The molecule has 0 radical (unpaired) electrons. The number of likely N-dealkylation sites (N-methyl/N-ethyl adjacent to an activating group) is 2. The molecule has 9 heteroatoms. The molecule has 2 N–H and O–H groups in total. The standard InChI is InChI=1S/C32H38N3O.H2O4S/c1-9-35(10-2)29-21(19-27-31(3,4)23-15-11-13-17-25(23)33(27)7)30(36)22(29)20-28-32(5,6)24-16-12-14-18-26(24)34(28)8;1-5(2,3)4/h11-20H,9-10H2,1-8H3;(H2,1,2,3,4)/q+1;. The van der Waals surface area contributed by atoms with Crippen molar-refractivity contribution in [2.24, 2.45) is 0 Å². The zero-order valence-corrected chi connectivity index (χ0v) is 25.9. The molecule has 5 rings (SSSR count). The van der Waals surface area contributed by atoms with Crippen LogP contribution in [0.3, 0.4) is 0 Å². The fourth-order valence-corrected chi connectivity index (χ4v) is 6.38. The lowest BCUT2D eigenvalue weighted by Crippen LogP contribution is -2.37. The van der Waals surface area contributed by atoms with E-state index in [-0.39, 0.29) is 16.6 Å². The molecule has 0 bridgehead atoms. The Balaban J connectivity index is 0.000000714. The maximum Gasteiger partial charge on any atom is 0.394 e. The topological polar surface area (TPSA) is 101 Å². The third-order valence-electron chi connectivity index (χ3n) is 8.52. The van der Waals surface area contributed by atoms with Crippen molar-refractivity contribution in [3.63, 3.8) is 0 Å². The molecule has 0 unspecified atom stereocenters. The Kier molecular flexibility index (Phi) is 7.94. The number of hydrogen-bond donors (Lipinski definition) is 2. The van der Waals surface area contributed by atoms with Gasteiger partial charge in [-0.15, -0.1) is 0 Å². The van der Waals surface area contributed by atoms with Gasteiger partial charge in [0.05, 0.1) is 16.7 Å². The van der Waals surface area contributed by atoms with E-state index in [1.54, 1.807) is 0 Å². The van der Waals surface area contributed by atoms with Gasteiger partial charge in [0.25, 0.3) is 0 Å². The van der Waals surface area contributed by atoms with E-state index in [1.165, 1.54) is 22.5 Å². The van der Waals surface area contributed by atoms with E-state index < -0.39 is 10.4 Å². The average molecular weight is 579 g/mol. The second-order valence-electron chi connectivity index (χ2n) is 11.6. The van der Waals surface area contributed by atoms with Crippen molar-refractivity contribution in [3.05, 3.63) is 94.4 Å². The number of Topliss-reactive ketones (excluding diaryl/α,β-unsaturated/α-hetero) is 1. The van der Waals surface area contributed by atoms with Crippen molar-refractivity contribution in [3.8, 4) is 0 Å². The average Bonchev–Trinajstić information content (AvgIpc) is 3.22. The molecule has 0 atom stereocenters. The molecule has 0 fully saturated rings. The van der Waals surface area contributed by atoms with Crippen molar-refractivity contribution in [1.82, 2.24) is 4.90 Å². The molecule has 2 aromatic carbocycles. The van der Waals surface area contributed by atoms with Gasteiger partial charge in [-0.2, -0.15) is 13.0 Å². The highest BCUT2D eigenvalue weighted by atomic mass is 32.3. The van der Waals surface area contributed by atoms with Crippen LogP contribution in [0.2, 0.25) is 0 Å². The smallest absolute Gasteiger partial charge is 0.371 e. The summed E-state index contributed by atoms with van der Waals surface area (Å²) in [6, 6.07) is 17.1. The van der Waals surface area contributed by atoms with E-state index in [1.807, 2.05) is 0 Å². The van der Waals surface area contributed by atoms with E-state index in [0.29, 0.717) is 0 Å². The Hall–Kier alpha value is -3.53. The van der Waals surface area contributed by atoms with E-state index in [2.05, 4.69) is 131 Å². The fraction of sp³-hybridized carbons (Fsp3) is 0.375. The Morgan fingerprint density at radius 2 is 1.44 bits per heavy atom. The number of carbonyl (C=O) groups is 1. The van der Waals surface area contributed by atoms with Crippen LogP contribution in [0.15, 0.2) is 83.2 Å². The molecule has 0 saturated heterocycles. The summed E-state index contributed by atoms with van der Waals surface area (Å²) >= 11 is 0. The molecule has 3 aliphatic rings. The number of fused-ring (bicyclic) bond motifs is 2. The molecule has 0 spiro atoms. The molecule has 2 heterocycles. The summed E-state index contributed by atoms with van der Waals surface area (Å²) < 4.78 is 33.8. The minimum atomic E-state index is -4.67. The van der Waals surface area contributed by atoms with Crippen LogP contribution in [0.1, 0.15) is 52.7 Å². The Morgan fingerprint density at radius 3 is 1.98 bits per heavy atom. The Bertz CT molecular complexity index is 1630. The van der Waals surface area contributed by atoms with Gasteiger partial charge in [-0.1, -0.05) is 50.2 Å². The summed E-state index contributed by atoms with van der Waals surface area (Å²) in [6.07, 6.45) is 4.30. The summed E-state index contributed by atoms with van der Waals surface area (Å²) in [5.74, 6) is 0.136. The Morgan fingerprint density at radius 1 is 0.902 bits per heavy atom. The van der Waals surface area contributed by atoms with Crippen LogP contribution in [-0.2, 0) is 26.0 Å². The lowest BCUT2D eigenvalue weighted by Gasteiger charge is -2.35. The number of allylic oxidation sites excluding steroid dienone is 5. The number of nitrogens with zero attached hydrogens (tertiary/aromatic N) is 3. The molecule has 0 saturated carbocycles. The summed E-state index contributed by atoms with van der Waals surface area (Å²) in [4.78, 5) is 18.4. The van der Waals surface area contributed by atoms with Crippen LogP contribution in [0.5, 0.6) is 0 Å². The van der Waals surface area contributed by atoms with Crippen molar-refractivity contribution in [2.45, 2.75) is 52.4 Å². The van der Waals surface area contributed by atoms with Crippen LogP contribution in [0, 0.1) is 0 Å². The fourth-order valence-electron chi connectivity index (χ4n) is 6.38. The van der Waals surface area contributed by atoms with E-state index >= 15 is 0 Å². The van der Waals surface area contributed by atoms with Gasteiger partial charge in [0.1, 0.15) is 7.05 Å². The number of rotatable bonds is 5. The van der Waals surface area contributed by atoms with Crippen LogP contribution in [-0.4, -0.2) is 65.7 Å². The maximum atomic E-state index is 13.8. The number of anilines is 1. The summed E-state index contributed by atoms with van der Waals surface area (Å²) in [7, 11) is -0.444. The van der Waals surface area contributed by atoms with Crippen LogP contribution in [0.25, 0.3) is 0 Å². The van der Waals surface area contributed by atoms with Crippen molar-refractivity contribution < 1.29 is 26.9 Å². The molecule has 0 amide bonds. The second-order valence-corrected chi connectivity index (χ2v) is 12.5. The van der Waals surface area contributed by atoms with Crippen LogP contribution in [0.4, 0.5) is 11.4 Å². The number of para-hydroxylation sites is 2. The molecule has 41 heavy (non-hydrogen) atoms. The minimum Gasteiger partial charge on any atom is -0.371 e. The highest BCUT2D eigenvalue weighted by molar-refractivity contribution is 7.79. The first kappa shape index (κ1) is 30.4. The number of benzene rings is 2. The maximum absolute atomic E-state index is 13.8. The normalized spacial score (nSPS) is 20.6. The van der Waals surface area contributed by atoms with E-state index in [9.17, 15) is 4.79 Å². The van der Waals surface area contributed by atoms with Gasteiger partial charge in [0.2, 0.25) is 5.69 Å². The molecule has 0 aromatic heterocycles. The quantitative estimate of drug-likeness (QED) is 0.276. The van der Waals surface area contributed by atoms with Gasteiger partial charge in [0.15, 0.2) is 11.5 Å². The molecular weight excluding hydrogens is 538 g/mol. The highest BCUT2D eigenvalue weighted by Crippen LogP contribution is 2.48. The molecule has 8 nitrogen and oxygen atoms in total. The molecule has 218 valence electrons. The van der Waals surface area contributed by atoms with Gasteiger partial charge in [-0.05, 0) is 45.4 Å². The molecule has 2 aromatic rings. The Labute approximate surface area is 243 Å². The lowest BCUT2D eigenvalue weighted by atomic mass is 9.76. The van der Waals surface area contributed by atoms with Crippen molar-refractivity contribution in [2.75, 3.05) is 32.1 Å². The van der Waals surface area contributed by atoms with E-state index in [0.717, 1.165) is 41.3 Å². The zero-order valence-electron chi connectivity index (χ0n) is 25.1. The largest absolute Gasteiger partial charge is 0.394 e. The zero-order chi connectivity index (χ0) is 30.5. The van der Waals surface area contributed by atoms with Crippen LogP contribution < -0.4 is 4.90 Å². The third kappa shape index (κ3) is 5.29. The van der Waals surface area contributed by atoms with Crippen LogP contribution >= 0.6 is 0 Å². The lowest BCUT2D eigenvalue weighted by molar-refractivity contribution is -0.401. The first-order valence-electron chi connectivity index (χ1n) is 13.8. The monoisotopic (exact) mass is 578 g/mol. The first-order valence-corrected chi connectivity index (χ1v) is 15.2. The minimum absolute atomic E-state index is 0.136. The van der Waals surface area contributed by atoms with Gasteiger partial charge < -0.3 is 9.80 Å². The number of hydrogen-bond acceptors (Lipinski definition) is 5. The highest BCUT2D eigenvalue weighted by Gasteiger charge is 2.46. The van der Waals surface area contributed by atoms with Gasteiger partial charge in [-0.25, -0.2) is 0 Å². The molecule has 1 aliphatic carbocycles.